The van der Waals surface area contributed by atoms with E-state index >= 15 is 0 Å². The Morgan fingerprint density at radius 2 is 2.16 bits per heavy atom. The van der Waals surface area contributed by atoms with Crippen LogP contribution >= 0.6 is 0 Å². The van der Waals surface area contributed by atoms with Gasteiger partial charge in [0.1, 0.15) is 0 Å². The van der Waals surface area contributed by atoms with Crippen molar-refractivity contribution in [1.82, 2.24) is 14.7 Å². The Morgan fingerprint density at radius 1 is 1.42 bits per heavy atom. The molecule has 4 nitrogen and oxygen atoms in total. The number of β-amino-alcohol motifs (C(OH)–C–C–N with tert-alkyl or cyclic N) is 1. The van der Waals surface area contributed by atoms with Crippen molar-refractivity contribution in [2.75, 3.05) is 20.1 Å². The number of hydrogen-bond acceptors (Lipinski definition) is 3. The molecule has 2 rings (SSSR count). The summed E-state index contributed by atoms with van der Waals surface area (Å²) in [5, 5.41) is 15.3. The maximum Gasteiger partial charge on any atom is 0.0830 e. The third-order valence-electron chi connectivity index (χ3n) is 4.24. The number of aromatic nitrogens is 2. The summed E-state index contributed by atoms with van der Waals surface area (Å²) in [5.74, 6) is 0. The van der Waals surface area contributed by atoms with Gasteiger partial charge in [0.05, 0.1) is 17.3 Å². The van der Waals surface area contributed by atoms with Crippen molar-refractivity contribution in [1.29, 1.82) is 0 Å². The van der Waals surface area contributed by atoms with Crippen molar-refractivity contribution in [3.05, 3.63) is 18.0 Å². The molecule has 19 heavy (non-hydrogen) atoms. The van der Waals surface area contributed by atoms with Gasteiger partial charge in [0.15, 0.2) is 0 Å². The fraction of sp³-hybridized carbons (Fsp3) is 0.800. The first-order valence-corrected chi connectivity index (χ1v) is 7.51. The maximum absolute atomic E-state index is 10.7. The number of nitrogens with zero attached hydrogens (tertiary/aromatic N) is 3. The Balaban J connectivity index is 2.03. The molecular formula is C15H27N3O. The Bertz CT molecular complexity index is 400. The van der Waals surface area contributed by atoms with Crippen LogP contribution in [0.3, 0.4) is 0 Å². The molecule has 1 aliphatic rings. The van der Waals surface area contributed by atoms with E-state index in [1.807, 2.05) is 0 Å². The van der Waals surface area contributed by atoms with Gasteiger partial charge in [0.2, 0.25) is 0 Å². The minimum Gasteiger partial charge on any atom is -0.388 e. The van der Waals surface area contributed by atoms with Gasteiger partial charge < -0.3 is 10.0 Å². The van der Waals surface area contributed by atoms with Crippen molar-refractivity contribution in [3.63, 3.8) is 0 Å². The first-order valence-electron chi connectivity index (χ1n) is 7.51. The zero-order valence-corrected chi connectivity index (χ0v) is 12.5. The van der Waals surface area contributed by atoms with Crippen LogP contribution in [0.1, 0.15) is 51.3 Å². The quantitative estimate of drug-likeness (QED) is 0.887. The maximum atomic E-state index is 10.7. The van der Waals surface area contributed by atoms with E-state index in [4.69, 9.17) is 0 Å². The summed E-state index contributed by atoms with van der Waals surface area (Å²) in [5.41, 5.74) is 0.421. The second-order valence-corrected chi connectivity index (χ2v) is 6.00. The number of rotatable bonds is 5. The van der Waals surface area contributed by atoms with Crippen LogP contribution in [0.5, 0.6) is 0 Å². The lowest BCUT2D eigenvalue weighted by molar-refractivity contribution is -0.0231. The highest BCUT2D eigenvalue weighted by atomic mass is 16.3. The summed E-state index contributed by atoms with van der Waals surface area (Å²) >= 11 is 0. The van der Waals surface area contributed by atoms with Crippen LogP contribution in [0.4, 0.5) is 0 Å². The summed E-state index contributed by atoms with van der Waals surface area (Å²) < 4.78 is 2.06. The monoisotopic (exact) mass is 265 g/mol. The van der Waals surface area contributed by atoms with Crippen LogP contribution in [-0.4, -0.2) is 45.5 Å². The fourth-order valence-electron chi connectivity index (χ4n) is 3.16. The van der Waals surface area contributed by atoms with Gasteiger partial charge in [0, 0.05) is 19.2 Å². The lowest BCUT2D eigenvalue weighted by atomic mass is 9.89. The van der Waals surface area contributed by atoms with Gasteiger partial charge in [-0.25, -0.2) is 0 Å². The van der Waals surface area contributed by atoms with Crippen LogP contribution < -0.4 is 0 Å². The van der Waals surface area contributed by atoms with E-state index in [1.165, 1.54) is 0 Å². The minimum absolute atomic E-state index is 0.484. The van der Waals surface area contributed by atoms with Crippen LogP contribution in [0.15, 0.2) is 12.3 Å². The molecule has 0 bridgehead atoms. The highest BCUT2D eigenvalue weighted by Gasteiger charge is 2.32. The zero-order valence-electron chi connectivity index (χ0n) is 12.5. The third kappa shape index (κ3) is 3.57. The van der Waals surface area contributed by atoms with Crippen LogP contribution in [0, 0.1) is 0 Å². The SMILES string of the molecule is CCC(CC)n1ccc(CC2(O)CCCN(C)C2)n1. The number of piperidine rings is 1. The van der Waals surface area contributed by atoms with Crippen molar-refractivity contribution < 1.29 is 5.11 Å². The van der Waals surface area contributed by atoms with Gasteiger partial charge in [-0.15, -0.1) is 0 Å². The van der Waals surface area contributed by atoms with Gasteiger partial charge in [-0.05, 0) is 45.3 Å². The van der Waals surface area contributed by atoms with Crippen LogP contribution in [0.25, 0.3) is 0 Å². The predicted octanol–water partition coefficient (Wildman–Crippen LogP) is 2.24. The Kier molecular flexibility index (Phi) is 4.63. The second kappa shape index (κ2) is 6.06. The standard InChI is InChI=1S/C15H27N3O/c1-4-14(5-2)18-10-7-13(16-18)11-15(19)8-6-9-17(3)12-15/h7,10,14,19H,4-6,8-9,11-12H2,1-3H3. The van der Waals surface area contributed by atoms with E-state index in [2.05, 4.69) is 47.8 Å². The molecule has 0 saturated carbocycles. The number of hydrogen-bond donors (Lipinski definition) is 1. The van der Waals surface area contributed by atoms with Crippen molar-refractivity contribution >= 4 is 0 Å². The highest BCUT2D eigenvalue weighted by molar-refractivity contribution is 5.06. The average Bonchev–Trinajstić information content (AvgIpc) is 2.78. The minimum atomic E-state index is -0.597. The van der Waals surface area contributed by atoms with E-state index in [1.54, 1.807) is 0 Å². The molecule has 0 aliphatic carbocycles. The third-order valence-corrected chi connectivity index (χ3v) is 4.24. The topological polar surface area (TPSA) is 41.3 Å². The van der Waals surface area contributed by atoms with E-state index < -0.39 is 5.60 Å². The smallest absolute Gasteiger partial charge is 0.0830 e. The van der Waals surface area contributed by atoms with Gasteiger partial charge in [-0.3, -0.25) is 4.68 Å². The molecule has 1 saturated heterocycles. The molecule has 0 radical (unpaired) electrons. The lowest BCUT2D eigenvalue weighted by Crippen LogP contribution is -2.47. The summed E-state index contributed by atoms with van der Waals surface area (Å²) in [4.78, 5) is 2.21. The summed E-state index contributed by atoms with van der Waals surface area (Å²) in [6.45, 7) is 6.23. The van der Waals surface area contributed by atoms with Gasteiger partial charge in [-0.1, -0.05) is 13.8 Å². The Labute approximate surface area is 116 Å². The molecule has 0 aromatic carbocycles. The number of aliphatic hydroxyl groups is 1. The second-order valence-electron chi connectivity index (χ2n) is 6.00. The molecule has 1 aromatic rings. The van der Waals surface area contributed by atoms with Crippen LogP contribution in [-0.2, 0) is 6.42 Å². The van der Waals surface area contributed by atoms with Gasteiger partial charge in [-0.2, -0.15) is 5.10 Å². The summed E-state index contributed by atoms with van der Waals surface area (Å²) in [6.07, 6.45) is 6.89. The van der Waals surface area contributed by atoms with Crippen molar-refractivity contribution in [2.45, 2.75) is 57.6 Å². The summed E-state index contributed by atoms with van der Waals surface area (Å²) in [7, 11) is 2.08. The zero-order chi connectivity index (χ0) is 13.9. The molecule has 1 unspecified atom stereocenters. The molecule has 2 heterocycles. The van der Waals surface area contributed by atoms with E-state index in [-0.39, 0.29) is 0 Å². The van der Waals surface area contributed by atoms with Gasteiger partial charge >= 0.3 is 0 Å². The van der Waals surface area contributed by atoms with E-state index in [0.29, 0.717) is 12.5 Å². The molecule has 1 aromatic heterocycles. The molecule has 1 atom stereocenters. The number of likely N-dealkylation sites (N-methyl/N-ethyl adjacent to an activating group) is 1. The van der Waals surface area contributed by atoms with Crippen molar-refractivity contribution in [2.24, 2.45) is 0 Å². The van der Waals surface area contributed by atoms with Crippen molar-refractivity contribution in [3.8, 4) is 0 Å². The first kappa shape index (κ1) is 14.5. The molecule has 1 N–H and O–H groups in total. The Morgan fingerprint density at radius 3 is 2.79 bits per heavy atom. The normalized spacial score (nSPS) is 25.1. The van der Waals surface area contributed by atoms with Gasteiger partial charge in [0.25, 0.3) is 0 Å². The number of likely N-dealkylation sites (tertiary alicyclic amines) is 1. The summed E-state index contributed by atoms with van der Waals surface area (Å²) in [6, 6.07) is 2.54. The Hall–Kier alpha value is -0.870. The predicted molar refractivity (Wildman–Crippen MR) is 77.2 cm³/mol. The first-order chi connectivity index (χ1) is 9.06. The molecule has 1 aliphatic heterocycles. The molecule has 4 heteroatoms. The lowest BCUT2D eigenvalue weighted by Gasteiger charge is -2.37. The molecule has 0 spiro atoms. The van der Waals surface area contributed by atoms with E-state index in [9.17, 15) is 5.11 Å². The van der Waals surface area contributed by atoms with E-state index in [0.717, 1.165) is 44.5 Å². The van der Waals surface area contributed by atoms with Crippen LogP contribution in [0.2, 0.25) is 0 Å². The molecule has 0 amide bonds. The molecular weight excluding hydrogens is 238 g/mol. The molecule has 108 valence electrons. The average molecular weight is 265 g/mol. The highest BCUT2D eigenvalue weighted by Crippen LogP contribution is 2.24. The fourth-order valence-corrected chi connectivity index (χ4v) is 3.16. The molecule has 1 fully saturated rings. The largest absolute Gasteiger partial charge is 0.388 e.